The number of nitrogens with one attached hydrogen (secondary N) is 1. The molecule has 0 saturated carbocycles. The highest BCUT2D eigenvalue weighted by Gasteiger charge is 2.25. The number of carboxylic acids is 1. The molecule has 0 unspecified atom stereocenters. The van der Waals surface area contributed by atoms with Crippen LogP contribution in [0.2, 0.25) is 0 Å². The summed E-state index contributed by atoms with van der Waals surface area (Å²) in [7, 11) is 0. The average Bonchev–Trinajstić information content (AvgIpc) is 2.68. The van der Waals surface area contributed by atoms with Gasteiger partial charge in [-0.05, 0) is 62.6 Å². The number of carbonyl (C=O) groups is 3. The van der Waals surface area contributed by atoms with Crippen molar-refractivity contribution in [1.82, 2.24) is 10.2 Å². The summed E-state index contributed by atoms with van der Waals surface area (Å²) in [5, 5.41) is 12.1. The summed E-state index contributed by atoms with van der Waals surface area (Å²) in [6.45, 7) is 4.90. The molecule has 0 aromatic heterocycles. The van der Waals surface area contributed by atoms with Crippen LogP contribution < -0.4 is 5.32 Å². The van der Waals surface area contributed by atoms with Crippen LogP contribution in [0.25, 0.3) is 0 Å². The van der Waals surface area contributed by atoms with Crippen molar-refractivity contribution in [3.8, 4) is 0 Å². The van der Waals surface area contributed by atoms with E-state index in [0.29, 0.717) is 37.1 Å². The predicted molar refractivity (Wildman–Crippen MR) is 106 cm³/mol. The average molecular weight is 380 g/mol. The lowest BCUT2D eigenvalue weighted by atomic mass is 10.0. The van der Waals surface area contributed by atoms with Gasteiger partial charge >= 0.3 is 5.97 Å². The largest absolute Gasteiger partial charge is 0.478 e. The Balaban J connectivity index is 1.58. The lowest BCUT2D eigenvalue weighted by Crippen LogP contribution is -2.46. The SMILES string of the molecule is Cc1ccc(C(=O)N2CCC(NC(=O)c3cc(C)cc(C(=O)O)c3)CC2)cc1. The lowest BCUT2D eigenvalue weighted by Gasteiger charge is -2.32. The van der Waals surface area contributed by atoms with Crippen molar-refractivity contribution >= 4 is 17.8 Å². The maximum atomic E-state index is 12.6. The first kappa shape index (κ1) is 19.6. The zero-order valence-corrected chi connectivity index (χ0v) is 16.1. The summed E-state index contributed by atoms with van der Waals surface area (Å²) in [5.74, 6) is -1.33. The number of hydrogen-bond acceptors (Lipinski definition) is 3. The maximum Gasteiger partial charge on any atom is 0.335 e. The first-order valence-electron chi connectivity index (χ1n) is 9.35. The summed E-state index contributed by atoms with van der Waals surface area (Å²) >= 11 is 0. The molecule has 1 heterocycles. The Morgan fingerprint density at radius 3 is 2.11 bits per heavy atom. The third-order valence-electron chi connectivity index (χ3n) is 5.00. The highest BCUT2D eigenvalue weighted by Crippen LogP contribution is 2.16. The van der Waals surface area contributed by atoms with Crippen molar-refractivity contribution in [2.24, 2.45) is 0 Å². The van der Waals surface area contributed by atoms with Gasteiger partial charge in [0.1, 0.15) is 0 Å². The molecule has 2 aromatic carbocycles. The molecule has 0 radical (unpaired) electrons. The molecule has 2 aromatic rings. The van der Waals surface area contributed by atoms with Crippen molar-refractivity contribution in [3.05, 3.63) is 70.3 Å². The monoisotopic (exact) mass is 380 g/mol. The molecule has 1 aliphatic rings. The molecule has 28 heavy (non-hydrogen) atoms. The van der Waals surface area contributed by atoms with E-state index in [1.807, 2.05) is 36.1 Å². The number of rotatable bonds is 4. The van der Waals surface area contributed by atoms with Gasteiger partial charge in [-0.3, -0.25) is 9.59 Å². The first-order valence-corrected chi connectivity index (χ1v) is 9.35. The number of carboxylic acid groups (broad SMARTS) is 1. The van der Waals surface area contributed by atoms with Crippen LogP contribution in [-0.4, -0.2) is 46.9 Å². The van der Waals surface area contributed by atoms with Gasteiger partial charge in [-0.1, -0.05) is 17.7 Å². The molecule has 2 amide bonds. The van der Waals surface area contributed by atoms with Crippen molar-refractivity contribution in [2.75, 3.05) is 13.1 Å². The van der Waals surface area contributed by atoms with Crippen LogP contribution in [-0.2, 0) is 0 Å². The second kappa shape index (κ2) is 8.25. The minimum absolute atomic E-state index is 0.00885. The standard InChI is InChI=1S/C22H24N2O4/c1-14-3-5-16(6-4-14)21(26)24-9-7-19(8-10-24)23-20(25)17-11-15(2)12-18(13-17)22(27)28/h3-6,11-13,19H,7-10H2,1-2H3,(H,23,25)(H,27,28). The fourth-order valence-corrected chi connectivity index (χ4v) is 3.41. The van der Waals surface area contributed by atoms with Gasteiger partial charge in [-0.15, -0.1) is 0 Å². The Bertz CT molecular complexity index is 897. The number of carbonyl (C=O) groups excluding carboxylic acids is 2. The van der Waals surface area contributed by atoms with E-state index in [9.17, 15) is 14.4 Å². The fraction of sp³-hybridized carbons (Fsp3) is 0.318. The van der Waals surface area contributed by atoms with Gasteiger partial charge in [0.25, 0.3) is 11.8 Å². The molecule has 1 saturated heterocycles. The number of amides is 2. The van der Waals surface area contributed by atoms with Gasteiger partial charge in [0, 0.05) is 30.3 Å². The number of piperidine rings is 1. The predicted octanol–water partition coefficient (Wildman–Crippen LogP) is 3.04. The van der Waals surface area contributed by atoms with E-state index < -0.39 is 5.97 Å². The van der Waals surface area contributed by atoms with Crippen LogP contribution in [0.4, 0.5) is 0 Å². The minimum atomic E-state index is -1.05. The van der Waals surface area contributed by atoms with Crippen LogP contribution in [0.3, 0.4) is 0 Å². The van der Waals surface area contributed by atoms with Crippen molar-refractivity contribution < 1.29 is 19.5 Å². The summed E-state index contributed by atoms with van der Waals surface area (Å²) in [5.41, 5.74) is 2.96. The number of likely N-dealkylation sites (tertiary alicyclic amines) is 1. The molecule has 6 heteroatoms. The number of aromatic carboxylic acids is 1. The first-order chi connectivity index (χ1) is 13.3. The number of aryl methyl sites for hydroxylation is 2. The molecule has 1 aliphatic heterocycles. The highest BCUT2D eigenvalue weighted by atomic mass is 16.4. The normalized spacial score (nSPS) is 14.6. The summed E-state index contributed by atoms with van der Waals surface area (Å²) in [6.07, 6.45) is 1.34. The van der Waals surface area contributed by atoms with E-state index in [-0.39, 0.29) is 23.4 Å². The minimum Gasteiger partial charge on any atom is -0.478 e. The van der Waals surface area contributed by atoms with E-state index in [4.69, 9.17) is 5.11 Å². The second-order valence-electron chi connectivity index (χ2n) is 7.30. The van der Waals surface area contributed by atoms with Crippen LogP contribution in [0, 0.1) is 13.8 Å². The van der Waals surface area contributed by atoms with Gasteiger partial charge in [-0.2, -0.15) is 0 Å². The van der Waals surface area contributed by atoms with Gasteiger partial charge in [0.15, 0.2) is 0 Å². The van der Waals surface area contributed by atoms with Gasteiger partial charge in [0.05, 0.1) is 5.56 Å². The molecular formula is C22H24N2O4. The molecule has 3 rings (SSSR count). The van der Waals surface area contributed by atoms with Crippen LogP contribution in [0.5, 0.6) is 0 Å². The smallest absolute Gasteiger partial charge is 0.335 e. The van der Waals surface area contributed by atoms with E-state index in [1.165, 1.54) is 12.1 Å². The molecule has 1 fully saturated rings. The van der Waals surface area contributed by atoms with E-state index >= 15 is 0 Å². The van der Waals surface area contributed by atoms with Gasteiger partial charge < -0.3 is 15.3 Å². The fourth-order valence-electron chi connectivity index (χ4n) is 3.41. The van der Waals surface area contributed by atoms with Gasteiger partial charge in [0.2, 0.25) is 0 Å². The molecule has 2 N–H and O–H groups in total. The third kappa shape index (κ3) is 4.57. The Kier molecular flexibility index (Phi) is 5.78. The highest BCUT2D eigenvalue weighted by molar-refractivity contribution is 5.98. The van der Waals surface area contributed by atoms with Crippen LogP contribution in [0.1, 0.15) is 55.0 Å². The Hall–Kier alpha value is -3.15. The second-order valence-corrected chi connectivity index (χ2v) is 7.30. The number of benzene rings is 2. The molecule has 0 aliphatic carbocycles. The molecule has 6 nitrogen and oxygen atoms in total. The van der Waals surface area contributed by atoms with Crippen molar-refractivity contribution in [3.63, 3.8) is 0 Å². The molecule has 146 valence electrons. The lowest BCUT2D eigenvalue weighted by molar-refractivity contribution is 0.0688. The summed E-state index contributed by atoms with van der Waals surface area (Å²) < 4.78 is 0. The van der Waals surface area contributed by atoms with E-state index in [2.05, 4.69) is 5.32 Å². The molecule has 0 spiro atoms. The van der Waals surface area contributed by atoms with Crippen molar-refractivity contribution in [2.45, 2.75) is 32.7 Å². The summed E-state index contributed by atoms with van der Waals surface area (Å²) in [4.78, 5) is 38.1. The topological polar surface area (TPSA) is 86.7 Å². The summed E-state index contributed by atoms with van der Waals surface area (Å²) in [6, 6.07) is 12.1. The van der Waals surface area contributed by atoms with Gasteiger partial charge in [-0.25, -0.2) is 4.79 Å². The molecule has 0 atom stereocenters. The third-order valence-corrected chi connectivity index (χ3v) is 5.00. The zero-order chi connectivity index (χ0) is 20.3. The molecular weight excluding hydrogens is 356 g/mol. The van der Waals surface area contributed by atoms with Crippen molar-refractivity contribution in [1.29, 1.82) is 0 Å². The maximum absolute atomic E-state index is 12.6. The van der Waals surface area contributed by atoms with Crippen LogP contribution >= 0.6 is 0 Å². The number of nitrogens with zero attached hydrogens (tertiary/aromatic N) is 1. The Morgan fingerprint density at radius 2 is 1.50 bits per heavy atom. The Morgan fingerprint density at radius 1 is 0.893 bits per heavy atom. The molecule has 0 bridgehead atoms. The quantitative estimate of drug-likeness (QED) is 0.854. The zero-order valence-electron chi connectivity index (χ0n) is 16.1. The van der Waals surface area contributed by atoms with E-state index in [0.717, 1.165) is 11.1 Å². The Labute approximate surface area is 164 Å². The van der Waals surface area contributed by atoms with Crippen LogP contribution in [0.15, 0.2) is 42.5 Å². The number of hydrogen-bond donors (Lipinski definition) is 2. The van der Waals surface area contributed by atoms with E-state index in [1.54, 1.807) is 13.0 Å².